The number of likely N-dealkylation sites (tertiary alicyclic amines) is 1. The highest BCUT2D eigenvalue weighted by Crippen LogP contribution is 2.61. The van der Waals surface area contributed by atoms with Gasteiger partial charge in [0, 0.05) is 12.8 Å². The maximum absolute atomic E-state index is 13.1. The fraction of sp³-hybridized carbons (Fsp3) is 0.837. The maximum atomic E-state index is 13.1. The van der Waals surface area contributed by atoms with E-state index < -0.39 is 0 Å². The molecule has 0 aromatic heterocycles. The minimum atomic E-state index is -0.350. The Morgan fingerprint density at radius 1 is 0.680 bits per heavy atom. The van der Waals surface area contributed by atoms with Crippen molar-refractivity contribution in [1.29, 1.82) is 0 Å². The summed E-state index contributed by atoms with van der Waals surface area (Å²) in [6, 6.07) is 0. The van der Waals surface area contributed by atoms with Crippen LogP contribution in [0.5, 0.6) is 0 Å². The van der Waals surface area contributed by atoms with Gasteiger partial charge >= 0.3 is 17.9 Å². The van der Waals surface area contributed by atoms with Crippen LogP contribution in [0, 0.1) is 35.0 Å². The quantitative estimate of drug-likeness (QED) is 0.0407. The summed E-state index contributed by atoms with van der Waals surface area (Å²) >= 11 is 0. The number of nitrogens with zero attached hydrogens (tertiary/aromatic N) is 1. The molecule has 1 heterocycles. The first-order valence-corrected chi connectivity index (χ1v) is 20.8. The van der Waals surface area contributed by atoms with Gasteiger partial charge < -0.3 is 19.1 Å². The van der Waals surface area contributed by atoms with E-state index in [1.807, 2.05) is 0 Å². The number of hydrogen-bond acceptors (Lipinski definition) is 7. The second-order valence-electron chi connectivity index (χ2n) is 16.8. The summed E-state index contributed by atoms with van der Waals surface area (Å²) in [5, 5.41) is 0. The molecule has 7 nitrogen and oxygen atoms in total. The van der Waals surface area contributed by atoms with Crippen molar-refractivity contribution in [2.24, 2.45) is 35.0 Å². The number of carbonyl (C=O) groups is 3. The topological polar surface area (TPSA) is 82.1 Å². The second kappa shape index (κ2) is 22.7. The standard InChI is InChI=1S/C43H71NO6/c1-3-4-5-6-7-8-9-10-11-12-13-14-15-16-17-18-19-40(45)48-32-39(33-49-41(46)27-35-20-22-44(2)23-21-35)34-50-42(47)31-43-28-36-24-37(29-43)26-38(25-36)30-43/h7-8,10-11,35-39H,3-6,9,12-34H2,1-2H3/b8-7-,11-10-. The van der Waals surface area contributed by atoms with Crippen molar-refractivity contribution in [3.8, 4) is 0 Å². The monoisotopic (exact) mass is 698 g/mol. The molecule has 284 valence electrons. The summed E-state index contributed by atoms with van der Waals surface area (Å²) < 4.78 is 17.2. The molecule has 5 rings (SSSR count). The first kappa shape index (κ1) is 40.6. The summed E-state index contributed by atoms with van der Waals surface area (Å²) in [7, 11) is 2.11. The Balaban J connectivity index is 1.09. The Hall–Kier alpha value is -2.15. The SMILES string of the molecule is CCCCC/C=C\C/C=C\CCCCCCCCC(=O)OCC(COC(=O)CC1CCN(C)CC1)COC(=O)CC12CC3CC(CC(C3)C1)C2. The Labute approximate surface area is 304 Å². The molecule has 0 spiro atoms. The normalized spacial score (nSPS) is 25.8. The minimum absolute atomic E-state index is 0.104. The molecule has 0 amide bonds. The van der Waals surface area contributed by atoms with Gasteiger partial charge in [0.25, 0.3) is 0 Å². The third kappa shape index (κ3) is 15.6. The molecular weight excluding hydrogens is 626 g/mol. The van der Waals surface area contributed by atoms with Gasteiger partial charge in [-0.25, -0.2) is 0 Å². The van der Waals surface area contributed by atoms with Crippen LogP contribution in [0.15, 0.2) is 24.3 Å². The van der Waals surface area contributed by atoms with Crippen LogP contribution in [-0.2, 0) is 28.6 Å². The van der Waals surface area contributed by atoms with E-state index in [1.54, 1.807) is 0 Å². The number of hydrogen-bond donors (Lipinski definition) is 0. The average molecular weight is 698 g/mol. The Bertz CT molecular complexity index is 1020. The molecule has 5 fully saturated rings. The van der Waals surface area contributed by atoms with Crippen molar-refractivity contribution < 1.29 is 28.6 Å². The van der Waals surface area contributed by atoms with Crippen LogP contribution >= 0.6 is 0 Å². The predicted molar refractivity (Wildman–Crippen MR) is 200 cm³/mol. The largest absolute Gasteiger partial charge is 0.465 e. The summed E-state index contributed by atoms with van der Waals surface area (Å²) in [5.41, 5.74) is 0.121. The third-order valence-electron chi connectivity index (χ3n) is 12.0. The highest BCUT2D eigenvalue weighted by atomic mass is 16.6. The van der Waals surface area contributed by atoms with E-state index in [1.165, 1.54) is 83.5 Å². The molecule has 4 saturated carbocycles. The maximum Gasteiger partial charge on any atom is 0.306 e. The predicted octanol–water partition coefficient (Wildman–Crippen LogP) is 9.77. The van der Waals surface area contributed by atoms with Gasteiger partial charge in [-0.3, -0.25) is 14.4 Å². The molecule has 1 saturated heterocycles. The highest BCUT2D eigenvalue weighted by Gasteiger charge is 2.51. The van der Waals surface area contributed by atoms with Crippen LogP contribution in [0.25, 0.3) is 0 Å². The minimum Gasteiger partial charge on any atom is -0.465 e. The number of allylic oxidation sites excluding steroid dienone is 4. The van der Waals surface area contributed by atoms with E-state index in [-0.39, 0.29) is 49.1 Å². The first-order valence-electron chi connectivity index (χ1n) is 20.8. The fourth-order valence-electron chi connectivity index (χ4n) is 9.53. The number of unbranched alkanes of at least 4 members (excludes halogenated alkanes) is 9. The Morgan fingerprint density at radius 3 is 1.80 bits per heavy atom. The van der Waals surface area contributed by atoms with Crippen LogP contribution in [0.2, 0.25) is 0 Å². The second-order valence-corrected chi connectivity index (χ2v) is 16.8. The molecule has 1 aliphatic heterocycles. The van der Waals surface area contributed by atoms with Crippen LogP contribution in [-0.4, -0.2) is 62.8 Å². The zero-order valence-corrected chi connectivity index (χ0v) is 31.9. The fourth-order valence-corrected chi connectivity index (χ4v) is 9.53. The van der Waals surface area contributed by atoms with E-state index in [9.17, 15) is 14.4 Å². The molecule has 5 aliphatic rings. The van der Waals surface area contributed by atoms with Crippen LogP contribution in [0.3, 0.4) is 0 Å². The molecule has 50 heavy (non-hydrogen) atoms. The average Bonchev–Trinajstić information content (AvgIpc) is 3.08. The molecule has 1 atom stereocenters. The van der Waals surface area contributed by atoms with Gasteiger partial charge in [-0.2, -0.15) is 0 Å². The van der Waals surface area contributed by atoms with E-state index in [4.69, 9.17) is 14.2 Å². The summed E-state index contributed by atoms with van der Waals surface area (Å²) in [6.07, 6.45) is 33.9. The van der Waals surface area contributed by atoms with Gasteiger partial charge in [0.05, 0.1) is 12.3 Å². The zero-order valence-electron chi connectivity index (χ0n) is 31.9. The molecule has 7 heteroatoms. The Morgan fingerprint density at radius 2 is 1.20 bits per heavy atom. The van der Waals surface area contributed by atoms with Crippen molar-refractivity contribution in [2.75, 3.05) is 40.0 Å². The smallest absolute Gasteiger partial charge is 0.306 e. The lowest BCUT2D eigenvalue weighted by molar-refractivity contribution is -0.157. The van der Waals surface area contributed by atoms with Crippen LogP contribution in [0.1, 0.15) is 155 Å². The van der Waals surface area contributed by atoms with Gasteiger partial charge in [-0.15, -0.1) is 0 Å². The zero-order chi connectivity index (χ0) is 35.4. The van der Waals surface area contributed by atoms with Crippen molar-refractivity contribution >= 4 is 17.9 Å². The molecular formula is C43H71NO6. The molecule has 4 aliphatic carbocycles. The molecule has 0 aromatic carbocycles. The first-order chi connectivity index (χ1) is 24.3. The van der Waals surface area contributed by atoms with Crippen LogP contribution < -0.4 is 0 Å². The summed E-state index contributed by atoms with van der Waals surface area (Å²) in [5.74, 6) is 1.77. The molecule has 0 N–H and O–H groups in total. The van der Waals surface area contributed by atoms with Crippen molar-refractivity contribution in [3.05, 3.63) is 24.3 Å². The van der Waals surface area contributed by atoms with Crippen molar-refractivity contribution in [2.45, 2.75) is 155 Å². The van der Waals surface area contributed by atoms with Crippen LogP contribution in [0.4, 0.5) is 0 Å². The van der Waals surface area contributed by atoms with Crippen molar-refractivity contribution in [3.63, 3.8) is 0 Å². The molecule has 0 aromatic rings. The molecule has 1 unspecified atom stereocenters. The van der Waals surface area contributed by atoms with Gasteiger partial charge in [0.1, 0.15) is 19.8 Å². The summed E-state index contributed by atoms with van der Waals surface area (Å²) in [4.78, 5) is 40.7. The lowest BCUT2D eigenvalue weighted by atomic mass is 9.49. The number of esters is 3. The Kier molecular flexibility index (Phi) is 18.5. The highest BCUT2D eigenvalue weighted by molar-refractivity contribution is 5.71. The summed E-state index contributed by atoms with van der Waals surface area (Å²) in [6.45, 7) is 4.58. The van der Waals surface area contributed by atoms with Gasteiger partial charge in [0.15, 0.2) is 0 Å². The van der Waals surface area contributed by atoms with Gasteiger partial charge in [-0.05, 0) is 139 Å². The van der Waals surface area contributed by atoms with E-state index in [2.05, 4.69) is 43.2 Å². The number of piperidine rings is 1. The van der Waals surface area contributed by atoms with E-state index in [0.717, 1.165) is 75.8 Å². The molecule has 4 bridgehead atoms. The number of ether oxygens (including phenoxy) is 3. The molecule has 0 radical (unpaired) electrons. The third-order valence-corrected chi connectivity index (χ3v) is 12.0. The van der Waals surface area contributed by atoms with Gasteiger partial charge in [-0.1, -0.05) is 69.8 Å². The number of rotatable bonds is 25. The lowest BCUT2D eigenvalue weighted by Gasteiger charge is -2.56. The van der Waals surface area contributed by atoms with Gasteiger partial charge in [0.2, 0.25) is 0 Å². The van der Waals surface area contributed by atoms with Crippen molar-refractivity contribution in [1.82, 2.24) is 4.90 Å². The van der Waals surface area contributed by atoms with E-state index in [0.29, 0.717) is 25.2 Å². The van der Waals surface area contributed by atoms with E-state index >= 15 is 0 Å². The lowest BCUT2D eigenvalue weighted by Crippen LogP contribution is -2.47. The number of carbonyl (C=O) groups excluding carboxylic acids is 3.